The lowest BCUT2D eigenvalue weighted by molar-refractivity contribution is 0.340. The van der Waals surface area contributed by atoms with Gasteiger partial charge in [-0.25, -0.2) is 13.3 Å². The van der Waals surface area contributed by atoms with Gasteiger partial charge >= 0.3 is 0 Å². The molecule has 3 aromatic rings. The van der Waals surface area contributed by atoms with Crippen LogP contribution < -0.4 is 5.32 Å². The molecule has 5 nitrogen and oxygen atoms in total. The summed E-state index contributed by atoms with van der Waals surface area (Å²) in [5.74, 6) is -0.145. The van der Waals surface area contributed by atoms with Crippen molar-refractivity contribution in [3.05, 3.63) is 39.5 Å². The Morgan fingerprint density at radius 3 is 2.92 bits per heavy atom. The van der Waals surface area contributed by atoms with Gasteiger partial charge in [0.15, 0.2) is 11.6 Å². The number of aryl methyl sites for hydroxylation is 1. The topological polar surface area (TPSA) is 55.1 Å². The van der Waals surface area contributed by atoms with Crippen molar-refractivity contribution in [3.63, 3.8) is 0 Å². The fraction of sp³-hybridized carbons (Fsp3) is 0.400. The minimum absolute atomic E-state index is 0.00628. The van der Waals surface area contributed by atoms with E-state index in [-0.39, 0.29) is 17.2 Å². The number of hydrogen-bond acceptors (Lipinski definition) is 5. The zero-order valence-corrected chi connectivity index (χ0v) is 14.8. The summed E-state index contributed by atoms with van der Waals surface area (Å²) in [6, 6.07) is 1.87. The molecule has 0 radical (unpaired) electrons. The first-order valence-corrected chi connectivity index (χ1v) is 8.69. The molecule has 0 aromatic carbocycles. The highest BCUT2D eigenvalue weighted by atomic mass is 35.5. The van der Waals surface area contributed by atoms with Crippen LogP contribution in [0.1, 0.15) is 30.3 Å². The van der Waals surface area contributed by atoms with Crippen LogP contribution in [0.15, 0.2) is 11.4 Å². The summed E-state index contributed by atoms with van der Waals surface area (Å²) in [6.45, 7) is 3.59. The van der Waals surface area contributed by atoms with E-state index in [1.54, 1.807) is 6.92 Å². The SMILES string of the molecule is Cc1c(CCC(C)F)c(F)c2c(NCc3ccsn3)nc(Cl)nn12. The van der Waals surface area contributed by atoms with Crippen LogP contribution in [0.5, 0.6) is 0 Å². The first-order valence-electron chi connectivity index (χ1n) is 7.47. The van der Waals surface area contributed by atoms with Crippen molar-refractivity contribution >= 4 is 34.5 Å². The summed E-state index contributed by atoms with van der Waals surface area (Å²) < 4.78 is 33.6. The summed E-state index contributed by atoms with van der Waals surface area (Å²) in [6.07, 6.45) is -0.456. The van der Waals surface area contributed by atoms with Crippen molar-refractivity contribution in [2.24, 2.45) is 0 Å². The Morgan fingerprint density at radius 2 is 2.25 bits per heavy atom. The molecule has 3 rings (SSSR count). The van der Waals surface area contributed by atoms with Crippen LogP contribution in [0.25, 0.3) is 5.52 Å². The highest BCUT2D eigenvalue weighted by Crippen LogP contribution is 2.28. The van der Waals surface area contributed by atoms with Gasteiger partial charge in [-0.1, -0.05) is 0 Å². The Kier molecular flexibility index (Phi) is 4.96. The molecular formula is C15H16ClF2N5S. The van der Waals surface area contributed by atoms with Crippen molar-refractivity contribution in [3.8, 4) is 0 Å². The minimum atomic E-state index is -0.997. The molecule has 3 aromatic heterocycles. The molecule has 0 fully saturated rings. The highest BCUT2D eigenvalue weighted by molar-refractivity contribution is 7.03. The predicted molar refractivity (Wildman–Crippen MR) is 91.0 cm³/mol. The van der Waals surface area contributed by atoms with Crippen LogP contribution in [0.2, 0.25) is 5.28 Å². The molecule has 9 heteroatoms. The second kappa shape index (κ2) is 6.98. The summed E-state index contributed by atoms with van der Waals surface area (Å²) >= 11 is 7.30. The van der Waals surface area contributed by atoms with Gasteiger partial charge in [-0.2, -0.15) is 9.36 Å². The molecule has 0 aliphatic heterocycles. The number of rotatable bonds is 6. The Labute approximate surface area is 146 Å². The molecule has 0 bridgehead atoms. The van der Waals surface area contributed by atoms with Gasteiger partial charge in [0.25, 0.3) is 0 Å². The number of aromatic nitrogens is 4. The highest BCUT2D eigenvalue weighted by Gasteiger charge is 2.21. The molecule has 24 heavy (non-hydrogen) atoms. The van der Waals surface area contributed by atoms with E-state index in [1.807, 2.05) is 11.4 Å². The molecular weight excluding hydrogens is 356 g/mol. The standard InChI is InChI=1S/C15H16ClF2N5S/c1-8(17)3-4-11-9(2)23-13(12(11)18)14(20-15(16)21-23)19-7-10-5-6-24-22-10/h5-6,8H,3-4,7H2,1-2H3,(H,19,20,21). The Balaban J connectivity index is 2.00. The zero-order valence-electron chi connectivity index (χ0n) is 13.2. The molecule has 1 atom stereocenters. The minimum Gasteiger partial charge on any atom is -0.362 e. The van der Waals surface area contributed by atoms with Crippen LogP contribution in [-0.4, -0.2) is 25.1 Å². The Morgan fingerprint density at radius 1 is 1.46 bits per heavy atom. The maximum atomic E-state index is 14.9. The van der Waals surface area contributed by atoms with Gasteiger partial charge in [0.05, 0.1) is 18.4 Å². The Bertz CT molecular complexity index is 848. The monoisotopic (exact) mass is 371 g/mol. The average molecular weight is 372 g/mol. The van der Waals surface area contributed by atoms with Crippen LogP contribution in [0, 0.1) is 12.7 Å². The molecule has 0 spiro atoms. The van der Waals surface area contributed by atoms with E-state index in [9.17, 15) is 8.78 Å². The third-order valence-corrected chi connectivity index (χ3v) is 4.53. The lowest BCUT2D eigenvalue weighted by Crippen LogP contribution is -2.07. The zero-order chi connectivity index (χ0) is 17.3. The number of nitrogens with zero attached hydrogens (tertiary/aromatic N) is 4. The second-order valence-electron chi connectivity index (χ2n) is 5.53. The molecule has 1 N–H and O–H groups in total. The van der Waals surface area contributed by atoms with Gasteiger partial charge in [0.2, 0.25) is 5.28 Å². The van der Waals surface area contributed by atoms with Crippen LogP contribution in [0.3, 0.4) is 0 Å². The summed E-state index contributed by atoms with van der Waals surface area (Å²) in [7, 11) is 0. The first-order chi connectivity index (χ1) is 11.5. The van der Waals surface area contributed by atoms with E-state index in [1.165, 1.54) is 23.0 Å². The maximum absolute atomic E-state index is 14.9. The molecule has 0 aliphatic carbocycles. The molecule has 0 aliphatic rings. The molecule has 1 unspecified atom stereocenters. The van der Waals surface area contributed by atoms with Gasteiger partial charge in [-0.15, -0.1) is 5.10 Å². The number of alkyl halides is 1. The maximum Gasteiger partial charge on any atom is 0.243 e. The number of nitrogens with one attached hydrogen (secondary N) is 1. The van der Waals surface area contributed by atoms with E-state index in [0.29, 0.717) is 30.0 Å². The van der Waals surface area contributed by atoms with E-state index in [4.69, 9.17) is 11.6 Å². The normalized spacial score (nSPS) is 12.7. The molecule has 0 amide bonds. The van der Waals surface area contributed by atoms with Crippen LogP contribution >= 0.6 is 23.1 Å². The van der Waals surface area contributed by atoms with Gasteiger partial charge in [0.1, 0.15) is 5.52 Å². The van der Waals surface area contributed by atoms with Gasteiger partial charge in [-0.3, -0.25) is 0 Å². The van der Waals surface area contributed by atoms with Crippen molar-refractivity contribution in [2.45, 2.75) is 39.4 Å². The van der Waals surface area contributed by atoms with Crippen LogP contribution in [-0.2, 0) is 13.0 Å². The fourth-order valence-electron chi connectivity index (χ4n) is 2.53. The van der Waals surface area contributed by atoms with Crippen molar-refractivity contribution < 1.29 is 8.78 Å². The van der Waals surface area contributed by atoms with E-state index in [0.717, 1.165) is 5.69 Å². The summed E-state index contributed by atoms with van der Waals surface area (Å²) in [5.41, 5.74) is 2.08. The lowest BCUT2D eigenvalue weighted by atomic mass is 10.1. The summed E-state index contributed by atoms with van der Waals surface area (Å²) in [4.78, 5) is 4.10. The number of halogens is 3. The van der Waals surface area contributed by atoms with Crippen LogP contribution in [0.4, 0.5) is 14.6 Å². The van der Waals surface area contributed by atoms with E-state index >= 15 is 0 Å². The molecule has 128 valence electrons. The lowest BCUT2D eigenvalue weighted by Gasteiger charge is -2.07. The fourth-order valence-corrected chi connectivity index (χ4v) is 3.23. The van der Waals surface area contributed by atoms with Gasteiger partial charge < -0.3 is 5.32 Å². The quantitative estimate of drug-likeness (QED) is 0.706. The first kappa shape index (κ1) is 17.0. The second-order valence-corrected chi connectivity index (χ2v) is 6.54. The number of hydrogen-bond donors (Lipinski definition) is 1. The molecule has 3 heterocycles. The smallest absolute Gasteiger partial charge is 0.243 e. The number of anilines is 1. The third kappa shape index (κ3) is 3.34. The molecule has 0 saturated heterocycles. The van der Waals surface area contributed by atoms with Crippen molar-refractivity contribution in [2.75, 3.05) is 5.32 Å². The van der Waals surface area contributed by atoms with Crippen molar-refractivity contribution in [1.82, 2.24) is 19.0 Å². The predicted octanol–water partition coefficient (Wildman–Crippen LogP) is 4.19. The van der Waals surface area contributed by atoms with E-state index < -0.39 is 12.0 Å². The third-order valence-electron chi connectivity index (χ3n) is 3.77. The van der Waals surface area contributed by atoms with Gasteiger partial charge in [-0.05, 0) is 55.9 Å². The largest absolute Gasteiger partial charge is 0.362 e. The Hall–Kier alpha value is -1.80. The van der Waals surface area contributed by atoms with E-state index in [2.05, 4.69) is 19.8 Å². The number of fused-ring (bicyclic) bond motifs is 1. The van der Waals surface area contributed by atoms with Crippen molar-refractivity contribution in [1.29, 1.82) is 0 Å². The molecule has 0 saturated carbocycles. The summed E-state index contributed by atoms with van der Waals surface area (Å²) in [5, 5.41) is 8.99. The van der Waals surface area contributed by atoms with Gasteiger partial charge in [0, 0.05) is 16.6 Å². The average Bonchev–Trinajstić information content (AvgIpc) is 3.12.